The van der Waals surface area contributed by atoms with E-state index in [0.29, 0.717) is 6.61 Å². The molecule has 14 heavy (non-hydrogen) atoms. The SMILES string of the molecule is C=C.COc1ccc(OCCO)cc1. The number of ether oxygens (including phenoxy) is 2. The van der Waals surface area contributed by atoms with Crippen molar-refractivity contribution in [3.8, 4) is 11.5 Å². The van der Waals surface area contributed by atoms with E-state index in [2.05, 4.69) is 13.2 Å². The monoisotopic (exact) mass is 196 g/mol. The predicted octanol–water partition coefficient (Wildman–Crippen LogP) is 1.87. The molecule has 0 bridgehead atoms. The van der Waals surface area contributed by atoms with Crippen LogP contribution in [-0.4, -0.2) is 25.4 Å². The maximum atomic E-state index is 8.48. The van der Waals surface area contributed by atoms with Crippen LogP contribution in [0, 0.1) is 0 Å². The van der Waals surface area contributed by atoms with Gasteiger partial charge in [0.2, 0.25) is 0 Å². The first-order valence-corrected chi connectivity index (χ1v) is 4.24. The van der Waals surface area contributed by atoms with Gasteiger partial charge in [-0.1, -0.05) is 0 Å². The second kappa shape index (κ2) is 8.13. The van der Waals surface area contributed by atoms with E-state index in [9.17, 15) is 0 Å². The highest BCUT2D eigenvalue weighted by atomic mass is 16.5. The average Bonchev–Trinajstić information content (AvgIpc) is 2.30. The van der Waals surface area contributed by atoms with Gasteiger partial charge in [-0.15, -0.1) is 13.2 Å². The van der Waals surface area contributed by atoms with Gasteiger partial charge in [0.05, 0.1) is 13.7 Å². The van der Waals surface area contributed by atoms with Crippen molar-refractivity contribution in [3.63, 3.8) is 0 Å². The Morgan fingerprint density at radius 1 is 1.14 bits per heavy atom. The normalized spacial score (nSPS) is 8.43. The molecule has 0 unspecified atom stereocenters. The summed E-state index contributed by atoms with van der Waals surface area (Å²) in [4.78, 5) is 0. The fourth-order valence-electron chi connectivity index (χ4n) is 0.835. The second-order valence-corrected chi connectivity index (χ2v) is 2.25. The fourth-order valence-corrected chi connectivity index (χ4v) is 0.835. The Kier molecular flexibility index (Phi) is 7.27. The summed E-state index contributed by atoms with van der Waals surface area (Å²) in [5.41, 5.74) is 0. The molecular formula is C11H16O3. The van der Waals surface area contributed by atoms with Crippen LogP contribution in [0.3, 0.4) is 0 Å². The lowest BCUT2D eigenvalue weighted by Crippen LogP contribution is -2.01. The van der Waals surface area contributed by atoms with Gasteiger partial charge in [-0.3, -0.25) is 0 Å². The molecule has 0 atom stereocenters. The molecule has 0 radical (unpaired) electrons. The molecule has 1 aromatic rings. The summed E-state index contributed by atoms with van der Waals surface area (Å²) in [7, 11) is 1.61. The number of aliphatic hydroxyl groups excluding tert-OH is 1. The van der Waals surface area contributed by atoms with Gasteiger partial charge in [0.1, 0.15) is 18.1 Å². The lowest BCUT2D eigenvalue weighted by atomic mass is 10.3. The van der Waals surface area contributed by atoms with Crippen molar-refractivity contribution < 1.29 is 14.6 Å². The summed E-state index contributed by atoms with van der Waals surface area (Å²) in [6, 6.07) is 7.22. The predicted molar refractivity (Wildman–Crippen MR) is 56.8 cm³/mol. The summed E-state index contributed by atoms with van der Waals surface area (Å²) in [6.45, 7) is 6.36. The molecule has 1 N–H and O–H groups in total. The fraction of sp³-hybridized carbons (Fsp3) is 0.273. The molecule has 0 saturated heterocycles. The van der Waals surface area contributed by atoms with Gasteiger partial charge in [-0.25, -0.2) is 0 Å². The van der Waals surface area contributed by atoms with Crippen molar-refractivity contribution in [1.29, 1.82) is 0 Å². The van der Waals surface area contributed by atoms with Crippen LogP contribution in [0.2, 0.25) is 0 Å². The molecule has 1 rings (SSSR count). The molecule has 0 amide bonds. The Hall–Kier alpha value is -1.48. The van der Waals surface area contributed by atoms with Crippen LogP contribution in [0.1, 0.15) is 0 Å². The molecule has 0 aromatic heterocycles. The van der Waals surface area contributed by atoms with Crippen LogP contribution >= 0.6 is 0 Å². The Labute approximate surface area is 84.6 Å². The maximum absolute atomic E-state index is 8.48. The zero-order chi connectivity index (χ0) is 10.8. The summed E-state index contributed by atoms with van der Waals surface area (Å²) in [5.74, 6) is 1.54. The zero-order valence-electron chi connectivity index (χ0n) is 8.40. The van der Waals surface area contributed by atoms with Crippen molar-refractivity contribution >= 4 is 0 Å². The van der Waals surface area contributed by atoms with E-state index in [1.807, 2.05) is 12.1 Å². The largest absolute Gasteiger partial charge is 0.497 e. The number of benzene rings is 1. The van der Waals surface area contributed by atoms with Crippen LogP contribution < -0.4 is 9.47 Å². The van der Waals surface area contributed by atoms with Gasteiger partial charge in [-0.05, 0) is 24.3 Å². The molecule has 0 heterocycles. The van der Waals surface area contributed by atoms with E-state index in [-0.39, 0.29) is 6.61 Å². The number of hydrogen-bond donors (Lipinski definition) is 1. The van der Waals surface area contributed by atoms with Crippen molar-refractivity contribution in [1.82, 2.24) is 0 Å². The minimum absolute atomic E-state index is 0.0338. The van der Waals surface area contributed by atoms with Gasteiger partial charge in [0.25, 0.3) is 0 Å². The lowest BCUT2D eigenvalue weighted by Gasteiger charge is -2.04. The molecule has 1 aromatic carbocycles. The quantitative estimate of drug-likeness (QED) is 0.747. The lowest BCUT2D eigenvalue weighted by molar-refractivity contribution is 0.201. The van der Waals surface area contributed by atoms with Crippen LogP contribution in [0.5, 0.6) is 11.5 Å². The van der Waals surface area contributed by atoms with Crippen LogP contribution in [-0.2, 0) is 0 Å². The van der Waals surface area contributed by atoms with Gasteiger partial charge in [0, 0.05) is 0 Å². The molecule has 0 aliphatic carbocycles. The van der Waals surface area contributed by atoms with Crippen molar-refractivity contribution in [2.45, 2.75) is 0 Å². The van der Waals surface area contributed by atoms with Gasteiger partial charge < -0.3 is 14.6 Å². The van der Waals surface area contributed by atoms with Crippen LogP contribution in [0.25, 0.3) is 0 Å². The molecule has 0 spiro atoms. The number of aliphatic hydroxyl groups is 1. The first-order valence-electron chi connectivity index (χ1n) is 4.24. The van der Waals surface area contributed by atoms with Crippen molar-refractivity contribution in [2.75, 3.05) is 20.3 Å². The highest BCUT2D eigenvalue weighted by Gasteiger charge is 1.93. The average molecular weight is 196 g/mol. The summed E-state index contributed by atoms with van der Waals surface area (Å²) in [6.07, 6.45) is 0. The molecule has 0 fully saturated rings. The maximum Gasteiger partial charge on any atom is 0.119 e. The van der Waals surface area contributed by atoms with Crippen molar-refractivity contribution in [2.24, 2.45) is 0 Å². The minimum Gasteiger partial charge on any atom is -0.497 e. The smallest absolute Gasteiger partial charge is 0.119 e. The Bertz CT molecular complexity index is 231. The van der Waals surface area contributed by atoms with E-state index in [0.717, 1.165) is 11.5 Å². The van der Waals surface area contributed by atoms with E-state index >= 15 is 0 Å². The Morgan fingerprint density at radius 3 is 2.07 bits per heavy atom. The highest BCUT2D eigenvalue weighted by Crippen LogP contribution is 2.16. The molecule has 0 aliphatic heterocycles. The topological polar surface area (TPSA) is 38.7 Å². The number of hydrogen-bond acceptors (Lipinski definition) is 3. The summed E-state index contributed by atoms with van der Waals surface area (Å²) < 4.78 is 10.1. The molecule has 0 saturated carbocycles. The highest BCUT2D eigenvalue weighted by molar-refractivity contribution is 5.30. The Morgan fingerprint density at radius 2 is 1.64 bits per heavy atom. The minimum atomic E-state index is 0.0338. The third-order valence-corrected chi connectivity index (χ3v) is 1.42. The molecule has 3 heteroatoms. The van der Waals surface area contributed by atoms with E-state index in [4.69, 9.17) is 14.6 Å². The number of rotatable bonds is 4. The van der Waals surface area contributed by atoms with Crippen LogP contribution in [0.15, 0.2) is 37.4 Å². The summed E-state index contributed by atoms with van der Waals surface area (Å²) in [5, 5.41) is 8.48. The third-order valence-electron chi connectivity index (χ3n) is 1.42. The molecular weight excluding hydrogens is 180 g/mol. The van der Waals surface area contributed by atoms with E-state index < -0.39 is 0 Å². The Balaban J connectivity index is 0.000000791. The first kappa shape index (κ1) is 12.5. The second-order valence-electron chi connectivity index (χ2n) is 2.25. The van der Waals surface area contributed by atoms with E-state index in [1.165, 1.54) is 0 Å². The summed E-state index contributed by atoms with van der Waals surface area (Å²) >= 11 is 0. The van der Waals surface area contributed by atoms with Crippen LogP contribution in [0.4, 0.5) is 0 Å². The molecule has 78 valence electrons. The van der Waals surface area contributed by atoms with Gasteiger partial charge >= 0.3 is 0 Å². The van der Waals surface area contributed by atoms with Gasteiger partial charge in [0.15, 0.2) is 0 Å². The zero-order valence-corrected chi connectivity index (χ0v) is 8.40. The van der Waals surface area contributed by atoms with Gasteiger partial charge in [-0.2, -0.15) is 0 Å². The van der Waals surface area contributed by atoms with E-state index in [1.54, 1.807) is 19.2 Å². The third kappa shape index (κ3) is 4.52. The molecule has 0 aliphatic rings. The van der Waals surface area contributed by atoms with Crippen molar-refractivity contribution in [3.05, 3.63) is 37.4 Å². The standard InChI is InChI=1S/C9H12O3.C2H4/c1-11-8-2-4-9(5-3-8)12-7-6-10;1-2/h2-5,10H,6-7H2,1H3;1-2H2. The first-order chi connectivity index (χ1) is 6.86. The number of methoxy groups -OCH3 is 1. The molecule has 3 nitrogen and oxygen atoms in total.